The Morgan fingerprint density at radius 1 is 1.50 bits per heavy atom. The maximum absolute atomic E-state index is 11.7. The van der Waals surface area contributed by atoms with Gasteiger partial charge >= 0.3 is 5.76 Å². The van der Waals surface area contributed by atoms with E-state index in [4.69, 9.17) is 4.42 Å². The number of hydrogen-bond donors (Lipinski definition) is 1. The molecule has 0 bridgehead atoms. The molecule has 0 radical (unpaired) electrons. The second-order valence-electron chi connectivity index (χ2n) is 5.03. The fourth-order valence-electron chi connectivity index (χ4n) is 2.39. The summed E-state index contributed by atoms with van der Waals surface area (Å²) in [6.45, 7) is 2.69. The molecule has 1 fully saturated rings. The Bertz CT molecular complexity index is 621. The van der Waals surface area contributed by atoms with Gasteiger partial charge in [0.25, 0.3) is 0 Å². The van der Waals surface area contributed by atoms with Gasteiger partial charge in [-0.1, -0.05) is 13.0 Å². The molecule has 0 saturated heterocycles. The zero-order valence-corrected chi connectivity index (χ0v) is 10.4. The number of rotatable bonds is 4. The summed E-state index contributed by atoms with van der Waals surface area (Å²) in [6.07, 6.45) is 2.63. The molecular weight excluding hydrogens is 230 g/mol. The van der Waals surface area contributed by atoms with Crippen molar-refractivity contribution in [2.75, 3.05) is 0 Å². The molecule has 1 aliphatic rings. The highest BCUT2D eigenvalue weighted by Gasteiger charge is 2.31. The maximum atomic E-state index is 11.7. The van der Waals surface area contributed by atoms with E-state index in [1.54, 1.807) is 10.6 Å². The zero-order valence-electron chi connectivity index (χ0n) is 10.4. The standard InChI is InChI=1S/C14H17NO3/c1-2-7-15-11-6-5-10(13(16)9-3-4-9)8-12(11)18-14(15)17/h5-6,8-9,13,16H,2-4,7H2,1H3. The van der Waals surface area contributed by atoms with Crippen LogP contribution >= 0.6 is 0 Å². The van der Waals surface area contributed by atoms with Gasteiger partial charge in [-0.25, -0.2) is 4.79 Å². The first-order chi connectivity index (χ1) is 8.70. The van der Waals surface area contributed by atoms with Gasteiger partial charge in [-0.05, 0) is 42.9 Å². The van der Waals surface area contributed by atoms with E-state index in [0.717, 1.165) is 30.3 Å². The molecule has 1 aromatic heterocycles. The Hall–Kier alpha value is -1.55. The van der Waals surface area contributed by atoms with E-state index in [1.165, 1.54) is 0 Å². The van der Waals surface area contributed by atoms with Gasteiger partial charge in [-0.3, -0.25) is 4.57 Å². The van der Waals surface area contributed by atoms with E-state index >= 15 is 0 Å². The quantitative estimate of drug-likeness (QED) is 0.902. The summed E-state index contributed by atoms with van der Waals surface area (Å²) in [6, 6.07) is 5.56. The van der Waals surface area contributed by atoms with E-state index in [2.05, 4.69) is 0 Å². The molecule has 0 aliphatic heterocycles. The number of aliphatic hydroxyl groups is 1. The number of aromatic nitrogens is 1. The zero-order chi connectivity index (χ0) is 12.7. The van der Waals surface area contributed by atoms with E-state index < -0.39 is 6.10 Å². The summed E-state index contributed by atoms with van der Waals surface area (Å²) in [5.41, 5.74) is 2.24. The average Bonchev–Trinajstić information content (AvgIpc) is 3.15. The largest absolute Gasteiger partial charge is 0.419 e. The van der Waals surface area contributed by atoms with Gasteiger partial charge in [0, 0.05) is 6.54 Å². The molecular formula is C14H17NO3. The molecule has 1 atom stereocenters. The molecule has 96 valence electrons. The van der Waals surface area contributed by atoms with Crippen molar-refractivity contribution in [2.24, 2.45) is 5.92 Å². The van der Waals surface area contributed by atoms with Crippen LogP contribution in [0.4, 0.5) is 0 Å². The lowest BCUT2D eigenvalue weighted by molar-refractivity contribution is 0.154. The topological polar surface area (TPSA) is 55.4 Å². The third-order valence-corrected chi connectivity index (χ3v) is 3.55. The van der Waals surface area contributed by atoms with Crippen molar-refractivity contribution < 1.29 is 9.52 Å². The monoisotopic (exact) mass is 247 g/mol. The normalized spacial score (nSPS) is 17.2. The van der Waals surface area contributed by atoms with Crippen molar-refractivity contribution in [1.29, 1.82) is 0 Å². The van der Waals surface area contributed by atoms with Crippen molar-refractivity contribution in [3.05, 3.63) is 34.3 Å². The number of nitrogens with zero attached hydrogens (tertiary/aromatic N) is 1. The lowest BCUT2D eigenvalue weighted by Gasteiger charge is -2.08. The summed E-state index contributed by atoms with van der Waals surface area (Å²) in [7, 11) is 0. The molecule has 1 aliphatic carbocycles. The summed E-state index contributed by atoms with van der Waals surface area (Å²) in [4.78, 5) is 11.7. The van der Waals surface area contributed by atoms with Crippen molar-refractivity contribution >= 4 is 11.1 Å². The molecule has 4 nitrogen and oxygen atoms in total. The van der Waals surface area contributed by atoms with Gasteiger partial charge in [-0.15, -0.1) is 0 Å². The summed E-state index contributed by atoms with van der Waals surface area (Å²) < 4.78 is 6.88. The summed E-state index contributed by atoms with van der Waals surface area (Å²) >= 11 is 0. The van der Waals surface area contributed by atoms with Crippen LogP contribution in [-0.2, 0) is 6.54 Å². The predicted octanol–water partition coefficient (Wildman–Crippen LogP) is 2.45. The number of aliphatic hydroxyl groups excluding tert-OH is 1. The van der Waals surface area contributed by atoms with Gasteiger partial charge in [0.05, 0.1) is 11.6 Å². The van der Waals surface area contributed by atoms with Crippen molar-refractivity contribution in [3.63, 3.8) is 0 Å². The first-order valence-corrected chi connectivity index (χ1v) is 6.52. The minimum absolute atomic E-state index is 0.315. The Balaban J connectivity index is 2.04. The van der Waals surface area contributed by atoms with Crippen LogP contribution in [0.2, 0.25) is 0 Å². The second kappa shape index (κ2) is 4.28. The molecule has 1 aromatic carbocycles. The van der Waals surface area contributed by atoms with Crippen molar-refractivity contribution in [3.8, 4) is 0 Å². The Morgan fingerprint density at radius 2 is 2.28 bits per heavy atom. The maximum Gasteiger partial charge on any atom is 0.419 e. The smallest absolute Gasteiger partial charge is 0.408 e. The molecule has 0 spiro atoms. The van der Waals surface area contributed by atoms with Gasteiger partial charge in [0.1, 0.15) is 0 Å². The van der Waals surface area contributed by atoms with Crippen LogP contribution in [0, 0.1) is 5.92 Å². The number of hydrogen-bond acceptors (Lipinski definition) is 3. The SMILES string of the molecule is CCCn1c(=O)oc2cc(C(O)C3CC3)ccc21. The number of oxazole rings is 1. The lowest BCUT2D eigenvalue weighted by atomic mass is 10.1. The van der Waals surface area contributed by atoms with Gasteiger partial charge in [-0.2, -0.15) is 0 Å². The first-order valence-electron chi connectivity index (χ1n) is 6.52. The Kier molecular flexibility index (Phi) is 2.74. The molecule has 0 amide bonds. The number of aryl methyl sites for hydroxylation is 1. The summed E-state index contributed by atoms with van der Waals surface area (Å²) in [5.74, 6) is 0.0665. The van der Waals surface area contributed by atoms with E-state index in [-0.39, 0.29) is 5.76 Å². The fourth-order valence-corrected chi connectivity index (χ4v) is 2.39. The molecule has 1 N–H and O–H groups in total. The number of benzene rings is 1. The van der Waals surface area contributed by atoms with Gasteiger partial charge in [0.2, 0.25) is 0 Å². The van der Waals surface area contributed by atoms with Crippen LogP contribution in [0.25, 0.3) is 11.1 Å². The third kappa shape index (κ3) is 1.86. The molecule has 1 saturated carbocycles. The minimum atomic E-state index is -0.422. The summed E-state index contributed by atoms with van der Waals surface area (Å²) in [5, 5.41) is 10.1. The fraction of sp³-hybridized carbons (Fsp3) is 0.500. The van der Waals surface area contributed by atoms with Crippen LogP contribution in [0.15, 0.2) is 27.4 Å². The van der Waals surface area contributed by atoms with Crippen LogP contribution in [0.1, 0.15) is 37.9 Å². The minimum Gasteiger partial charge on any atom is -0.408 e. The molecule has 1 unspecified atom stereocenters. The molecule has 1 heterocycles. The third-order valence-electron chi connectivity index (χ3n) is 3.55. The van der Waals surface area contributed by atoms with Crippen LogP contribution in [0.5, 0.6) is 0 Å². The van der Waals surface area contributed by atoms with E-state index in [0.29, 0.717) is 18.0 Å². The number of fused-ring (bicyclic) bond motifs is 1. The highest BCUT2D eigenvalue weighted by Crippen LogP contribution is 2.41. The van der Waals surface area contributed by atoms with Crippen molar-refractivity contribution in [2.45, 2.75) is 38.8 Å². The van der Waals surface area contributed by atoms with Crippen LogP contribution in [-0.4, -0.2) is 9.67 Å². The van der Waals surface area contributed by atoms with E-state index in [9.17, 15) is 9.90 Å². The molecule has 18 heavy (non-hydrogen) atoms. The Labute approximate surface area is 105 Å². The highest BCUT2D eigenvalue weighted by atomic mass is 16.4. The van der Waals surface area contributed by atoms with Crippen LogP contribution in [0.3, 0.4) is 0 Å². The first kappa shape index (κ1) is 11.5. The van der Waals surface area contributed by atoms with Crippen molar-refractivity contribution in [1.82, 2.24) is 4.57 Å². The molecule has 4 heteroatoms. The van der Waals surface area contributed by atoms with Gasteiger partial charge < -0.3 is 9.52 Å². The Morgan fingerprint density at radius 3 is 2.94 bits per heavy atom. The molecule has 2 aromatic rings. The van der Waals surface area contributed by atoms with E-state index in [1.807, 2.05) is 19.1 Å². The average molecular weight is 247 g/mol. The van der Waals surface area contributed by atoms with Crippen LogP contribution < -0.4 is 5.76 Å². The highest BCUT2D eigenvalue weighted by molar-refractivity contribution is 5.73. The second-order valence-corrected chi connectivity index (χ2v) is 5.03. The predicted molar refractivity (Wildman–Crippen MR) is 68.4 cm³/mol. The lowest BCUT2D eigenvalue weighted by Crippen LogP contribution is -2.13. The van der Waals surface area contributed by atoms with Gasteiger partial charge in [0.15, 0.2) is 5.58 Å². The molecule has 3 rings (SSSR count).